The first kappa shape index (κ1) is 17.0. The van der Waals surface area contributed by atoms with Crippen molar-refractivity contribution in [2.75, 3.05) is 7.05 Å². The maximum atomic E-state index is 12.4. The first-order valence-corrected chi connectivity index (χ1v) is 8.37. The molecule has 0 radical (unpaired) electrons. The predicted molar refractivity (Wildman–Crippen MR) is 97.2 cm³/mol. The maximum Gasteiger partial charge on any atom is 0.317 e. The van der Waals surface area contributed by atoms with Gasteiger partial charge in [0.2, 0.25) is 0 Å². The number of hydrogen-bond donors (Lipinski definition) is 2. The van der Waals surface area contributed by atoms with Crippen LogP contribution >= 0.6 is 0 Å². The number of aryl methyl sites for hydroxylation is 2. The van der Waals surface area contributed by atoms with E-state index in [1.807, 2.05) is 55.8 Å². The van der Waals surface area contributed by atoms with E-state index in [1.54, 1.807) is 11.9 Å². The lowest BCUT2D eigenvalue weighted by Gasteiger charge is -2.20. The van der Waals surface area contributed by atoms with Crippen LogP contribution in [0.5, 0.6) is 0 Å². The highest BCUT2D eigenvalue weighted by molar-refractivity contribution is 5.76. The molecule has 0 spiro atoms. The van der Waals surface area contributed by atoms with Gasteiger partial charge in [0.25, 0.3) is 0 Å². The lowest BCUT2D eigenvalue weighted by Crippen LogP contribution is -2.42. The van der Waals surface area contributed by atoms with Crippen LogP contribution in [0.2, 0.25) is 0 Å². The van der Waals surface area contributed by atoms with Gasteiger partial charge in [-0.3, -0.25) is 5.10 Å². The minimum Gasteiger partial charge on any atom is -0.335 e. The van der Waals surface area contributed by atoms with Crippen molar-refractivity contribution in [2.45, 2.75) is 32.9 Å². The van der Waals surface area contributed by atoms with Gasteiger partial charge in [0, 0.05) is 32.3 Å². The lowest BCUT2D eigenvalue weighted by atomic mass is 10.2. The number of carbonyl (C=O) groups is 1. The van der Waals surface area contributed by atoms with E-state index in [-0.39, 0.29) is 12.1 Å². The molecule has 132 valence electrons. The molecule has 7 nitrogen and oxygen atoms in total. The van der Waals surface area contributed by atoms with Crippen LogP contribution in [0.3, 0.4) is 0 Å². The fourth-order valence-electron chi connectivity index (χ4n) is 2.89. The Morgan fingerprint density at radius 2 is 2.16 bits per heavy atom. The number of nitrogens with one attached hydrogen (secondary N) is 2. The number of imidazole rings is 1. The van der Waals surface area contributed by atoms with Crippen LogP contribution in [0.15, 0.2) is 30.3 Å². The van der Waals surface area contributed by atoms with Gasteiger partial charge in [-0.05, 0) is 32.0 Å². The third-order valence-corrected chi connectivity index (χ3v) is 4.25. The summed E-state index contributed by atoms with van der Waals surface area (Å²) in [4.78, 5) is 18.7. The molecule has 0 bridgehead atoms. The van der Waals surface area contributed by atoms with Crippen molar-refractivity contribution in [1.29, 1.82) is 0 Å². The van der Waals surface area contributed by atoms with Gasteiger partial charge >= 0.3 is 6.03 Å². The summed E-state index contributed by atoms with van der Waals surface area (Å²) in [5.74, 6) is 0.856. The molecule has 1 aromatic carbocycles. The average molecular weight is 340 g/mol. The van der Waals surface area contributed by atoms with E-state index < -0.39 is 0 Å². The third kappa shape index (κ3) is 3.81. The molecule has 0 aliphatic heterocycles. The van der Waals surface area contributed by atoms with E-state index in [0.717, 1.165) is 28.2 Å². The van der Waals surface area contributed by atoms with E-state index in [9.17, 15) is 4.79 Å². The minimum absolute atomic E-state index is 0.00177. The van der Waals surface area contributed by atoms with Crippen molar-refractivity contribution in [1.82, 2.24) is 30.0 Å². The molecule has 3 rings (SSSR count). The maximum absolute atomic E-state index is 12.4. The monoisotopic (exact) mass is 340 g/mol. The van der Waals surface area contributed by atoms with Crippen LogP contribution < -0.4 is 5.32 Å². The van der Waals surface area contributed by atoms with Crippen molar-refractivity contribution in [3.63, 3.8) is 0 Å². The summed E-state index contributed by atoms with van der Waals surface area (Å²) in [6.45, 7) is 4.39. The van der Waals surface area contributed by atoms with E-state index in [1.165, 1.54) is 0 Å². The second-order valence-corrected chi connectivity index (χ2v) is 6.53. The Kier molecular flexibility index (Phi) is 4.74. The van der Waals surface area contributed by atoms with Gasteiger partial charge in [0.1, 0.15) is 5.82 Å². The predicted octanol–water partition coefficient (Wildman–Crippen LogP) is 2.38. The summed E-state index contributed by atoms with van der Waals surface area (Å²) >= 11 is 0. The molecule has 2 N–H and O–H groups in total. The summed E-state index contributed by atoms with van der Waals surface area (Å²) in [5, 5.41) is 10.1. The quantitative estimate of drug-likeness (QED) is 0.748. The number of benzene rings is 1. The standard InChI is InChI=1S/C18H24N6O/c1-12(9-14-10-13(2)21-22-14)19-18(25)23(3)11-17-20-15-7-5-6-8-16(15)24(17)4/h5-8,10,12H,9,11H2,1-4H3,(H,19,25)(H,21,22)/t12-/m1/s1. The molecule has 0 fully saturated rings. The highest BCUT2D eigenvalue weighted by Gasteiger charge is 2.16. The third-order valence-electron chi connectivity index (χ3n) is 4.25. The number of nitrogens with zero attached hydrogens (tertiary/aromatic N) is 4. The van der Waals surface area contributed by atoms with Gasteiger partial charge in [-0.15, -0.1) is 0 Å². The van der Waals surface area contributed by atoms with Crippen LogP contribution in [0.4, 0.5) is 4.79 Å². The number of amides is 2. The number of aromatic amines is 1. The molecule has 2 aromatic heterocycles. The highest BCUT2D eigenvalue weighted by Crippen LogP contribution is 2.15. The number of para-hydroxylation sites is 2. The van der Waals surface area contributed by atoms with Crippen molar-refractivity contribution >= 4 is 17.1 Å². The fraction of sp³-hybridized carbons (Fsp3) is 0.389. The van der Waals surface area contributed by atoms with E-state index in [2.05, 4.69) is 20.5 Å². The number of fused-ring (bicyclic) bond motifs is 1. The summed E-state index contributed by atoms with van der Waals surface area (Å²) in [7, 11) is 3.75. The first-order chi connectivity index (χ1) is 11.9. The second kappa shape index (κ2) is 6.96. The normalized spacial score (nSPS) is 12.3. The Hall–Kier alpha value is -2.83. The van der Waals surface area contributed by atoms with Crippen LogP contribution in [0, 0.1) is 6.92 Å². The molecule has 7 heteroatoms. The molecule has 25 heavy (non-hydrogen) atoms. The number of rotatable bonds is 5. The zero-order valence-corrected chi connectivity index (χ0v) is 15.1. The smallest absolute Gasteiger partial charge is 0.317 e. The molecule has 0 unspecified atom stereocenters. The molecule has 3 aromatic rings. The highest BCUT2D eigenvalue weighted by atomic mass is 16.2. The Labute approximate surface area is 147 Å². The Morgan fingerprint density at radius 1 is 1.40 bits per heavy atom. The molecule has 0 saturated heterocycles. The number of aromatic nitrogens is 4. The summed E-state index contributed by atoms with van der Waals surface area (Å²) in [6, 6.07) is 9.83. The van der Waals surface area contributed by atoms with Crippen molar-refractivity contribution in [3.05, 3.63) is 47.5 Å². The fourth-order valence-corrected chi connectivity index (χ4v) is 2.89. The molecule has 1 atom stereocenters. The Morgan fingerprint density at radius 3 is 2.84 bits per heavy atom. The lowest BCUT2D eigenvalue weighted by molar-refractivity contribution is 0.202. The van der Waals surface area contributed by atoms with E-state index in [4.69, 9.17) is 0 Å². The molecule has 0 saturated carbocycles. The van der Waals surface area contributed by atoms with Gasteiger partial charge in [0.05, 0.1) is 23.3 Å². The minimum atomic E-state index is -0.119. The van der Waals surface area contributed by atoms with E-state index >= 15 is 0 Å². The first-order valence-electron chi connectivity index (χ1n) is 8.37. The summed E-state index contributed by atoms with van der Waals surface area (Å²) < 4.78 is 2.02. The van der Waals surface area contributed by atoms with Crippen LogP contribution in [-0.4, -0.2) is 43.8 Å². The number of H-pyrrole nitrogens is 1. The molecular formula is C18H24N6O. The molecular weight excluding hydrogens is 316 g/mol. The molecule has 0 aliphatic rings. The van der Waals surface area contributed by atoms with Crippen molar-refractivity contribution < 1.29 is 4.79 Å². The number of hydrogen-bond acceptors (Lipinski definition) is 3. The largest absolute Gasteiger partial charge is 0.335 e. The van der Waals surface area contributed by atoms with Gasteiger partial charge in [-0.25, -0.2) is 9.78 Å². The van der Waals surface area contributed by atoms with Gasteiger partial charge in [-0.1, -0.05) is 12.1 Å². The number of urea groups is 1. The molecule has 2 amide bonds. The second-order valence-electron chi connectivity index (χ2n) is 6.53. The molecule has 0 aliphatic carbocycles. The van der Waals surface area contributed by atoms with E-state index in [0.29, 0.717) is 13.0 Å². The van der Waals surface area contributed by atoms with Crippen LogP contribution in [-0.2, 0) is 20.0 Å². The van der Waals surface area contributed by atoms with Crippen LogP contribution in [0.1, 0.15) is 24.1 Å². The van der Waals surface area contributed by atoms with Crippen molar-refractivity contribution in [2.24, 2.45) is 7.05 Å². The molecule has 2 heterocycles. The zero-order valence-electron chi connectivity index (χ0n) is 15.1. The van der Waals surface area contributed by atoms with Crippen molar-refractivity contribution in [3.8, 4) is 0 Å². The average Bonchev–Trinajstić information content (AvgIpc) is 3.11. The summed E-state index contributed by atoms with van der Waals surface area (Å²) in [6.07, 6.45) is 0.691. The van der Waals surface area contributed by atoms with Gasteiger partial charge in [0.15, 0.2) is 0 Å². The SMILES string of the molecule is Cc1cc(C[C@@H](C)NC(=O)N(C)Cc2nc3ccccc3n2C)n[nH]1. The zero-order chi connectivity index (χ0) is 18.0. The Bertz CT molecular complexity index is 881. The van der Waals surface area contributed by atoms with Gasteiger partial charge < -0.3 is 14.8 Å². The van der Waals surface area contributed by atoms with Crippen LogP contribution in [0.25, 0.3) is 11.0 Å². The van der Waals surface area contributed by atoms with Gasteiger partial charge in [-0.2, -0.15) is 5.10 Å². The Balaban J connectivity index is 1.60. The topological polar surface area (TPSA) is 78.8 Å². The number of carbonyl (C=O) groups excluding carboxylic acids is 1. The summed E-state index contributed by atoms with van der Waals surface area (Å²) in [5.41, 5.74) is 3.97.